The molecule has 2 aliphatic rings. The first-order valence-corrected chi connectivity index (χ1v) is 14.3. The van der Waals surface area contributed by atoms with Crippen LogP contribution in [0.2, 0.25) is 0 Å². The molecule has 31 heavy (non-hydrogen) atoms. The van der Waals surface area contributed by atoms with Crippen LogP contribution in [0.15, 0.2) is 46.7 Å². The summed E-state index contributed by atoms with van der Waals surface area (Å²) in [6, 6.07) is 7.79. The zero-order valence-corrected chi connectivity index (χ0v) is 19.3. The molecule has 0 spiro atoms. The maximum Gasteiger partial charge on any atom is 0.183 e. The first kappa shape index (κ1) is 22.8. The monoisotopic (exact) mass is 488 g/mol. The van der Waals surface area contributed by atoms with Gasteiger partial charge in [-0.3, -0.25) is 4.90 Å². The fraction of sp³-hybridized carbons (Fsp3) is 0.500. The number of nitrogens with zero attached hydrogens (tertiary/aromatic N) is 1. The molecule has 1 unspecified atom stereocenters. The summed E-state index contributed by atoms with van der Waals surface area (Å²) in [6.45, 7) is 3.19. The van der Waals surface area contributed by atoms with Crippen molar-refractivity contribution in [2.75, 3.05) is 44.4 Å². The van der Waals surface area contributed by atoms with Crippen LogP contribution in [-0.4, -0.2) is 77.4 Å². The number of thiophene rings is 1. The molecule has 3 heterocycles. The van der Waals surface area contributed by atoms with E-state index in [0.717, 1.165) is 30.1 Å². The summed E-state index contributed by atoms with van der Waals surface area (Å²) >= 11 is 1.62. The minimum absolute atomic E-state index is 0.00128. The van der Waals surface area contributed by atoms with E-state index in [4.69, 9.17) is 4.74 Å². The summed E-state index contributed by atoms with van der Waals surface area (Å²) in [5, 5.41) is 4.13. The average molecular weight is 489 g/mol. The third kappa shape index (κ3) is 5.18. The van der Waals surface area contributed by atoms with Crippen molar-refractivity contribution >= 4 is 31.0 Å². The lowest BCUT2D eigenvalue weighted by Crippen LogP contribution is -2.48. The van der Waals surface area contributed by atoms with Crippen LogP contribution in [0.4, 0.5) is 4.39 Å². The highest BCUT2D eigenvalue weighted by molar-refractivity contribution is 7.96. The van der Waals surface area contributed by atoms with Crippen LogP contribution in [0.1, 0.15) is 10.9 Å². The first-order chi connectivity index (χ1) is 14.8. The summed E-state index contributed by atoms with van der Waals surface area (Å²) < 4.78 is 69.8. The van der Waals surface area contributed by atoms with Gasteiger partial charge in [0.05, 0.1) is 40.9 Å². The number of halogens is 1. The highest BCUT2D eigenvalue weighted by Gasteiger charge is 2.46. The third-order valence-electron chi connectivity index (χ3n) is 5.77. The molecule has 0 aliphatic carbocycles. The fourth-order valence-electron chi connectivity index (χ4n) is 4.15. The Morgan fingerprint density at radius 3 is 2.52 bits per heavy atom. The average Bonchev–Trinajstić information content (AvgIpc) is 3.37. The van der Waals surface area contributed by atoms with Gasteiger partial charge in [-0.15, -0.1) is 11.3 Å². The SMILES string of the molecule is O=S1(=O)C[C@H](NCC(c2cccs2)N2CCOCC2)[C@@H](S(=O)(=O)c2ccc(F)cc2)C1. The summed E-state index contributed by atoms with van der Waals surface area (Å²) in [6.07, 6.45) is 0. The maximum atomic E-state index is 13.3. The van der Waals surface area contributed by atoms with Crippen LogP contribution >= 0.6 is 11.3 Å². The van der Waals surface area contributed by atoms with Crippen molar-refractivity contribution in [2.24, 2.45) is 0 Å². The molecule has 11 heteroatoms. The molecule has 4 rings (SSSR count). The Morgan fingerprint density at radius 1 is 1.16 bits per heavy atom. The summed E-state index contributed by atoms with van der Waals surface area (Å²) in [5.74, 6) is -1.22. The molecule has 1 aromatic carbocycles. The number of hydrogen-bond donors (Lipinski definition) is 1. The Bertz CT molecular complexity index is 1080. The van der Waals surface area contributed by atoms with Crippen LogP contribution in [0.5, 0.6) is 0 Å². The molecule has 3 atom stereocenters. The van der Waals surface area contributed by atoms with Crippen molar-refractivity contribution in [3.8, 4) is 0 Å². The van der Waals surface area contributed by atoms with Gasteiger partial charge in [0.1, 0.15) is 5.82 Å². The van der Waals surface area contributed by atoms with Gasteiger partial charge in [-0.25, -0.2) is 21.2 Å². The molecule has 0 bridgehead atoms. The van der Waals surface area contributed by atoms with Crippen molar-refractivity contribution in [3.05, 3.63) is 52.5 Å². The van der Waals surface area contributed by atoms with Gasteiger partial charge in [-0.05, 0) is 35.7 Å². The van der Waals surface area contributed by atoms with E-state index in [1.165, 1.54) is 12.1 Å². The van der Waals surface area contributed by atoms with Crippen LogP contribution in [0.3, 0.4) is 0 Å². The summed E-state index contributed by atoms with van der Waals surface area (Å²) in [5.41, 5.74) is 0. The topological polar surface area (TPSA) is 92.8 Å². The molecule has 0 radical (unpaired) electrons. The van der Waals surface area contributed by atoms with E-state index < -0.39 is 42.5 Å². The number of morpholine rings is 1. The molecular formula is C20H25FN2O5S3. The van der Waals surface area contributed by atoms with E-state index in [-0.39, 0.29) is 16.7 Å². The van der Waals surface area contributed by atoms with Crippen molar-refractivity contribution in [1.82, 2.24) is 10.2 Å². The predicted octanol–water partition coefficient (Wildman–Crippen LogP) is 1.49. The smallest absolute Gasteiger partial charge is 0.183 e. The van der Waals surface area contributed by atoms with Gasteiger partial charge in [-0.2, -0.15) is 0 Å². The quantitative estimate of drug-likeness (QED) is 0.591. The molecule has 0 amide bonds. The number of benzene rings is 1. The largest absolute Gasteiger partial charge is 0.379 e. The molecular weight excluding hydrogens is 463 g/mol. The van der Waals surface area contributed by atoms with Gasteiger partial charge in [0.25, 0.3) is 0 Å². The summed E-state index contributed by atoms with van der Waals surface area (Å²) in [4.78, 5) is 3.34. The number of hydrogen-bond acceptors (Lipinski definition) is 8. The standard InChI is InChI=1S/C20H25FN2O5S3/c21-15-3-5-16(6-4-15)31(26,27)20-14-30(24,25)13-17(20)22-12-18(19-2-1-11-29-19)23-7-9-28-10-8-23/h1-6,11,17-18,20,22H,7-10,12-14H2/t17-,18?,20-/m0/s1. The second-order valence-corrected chi connectivity index (χ2v) is 13.1. The van der Waals surface area contributed by atoms with E-state index >= 15 is 0 Å². The van der Waals surface area contributed by atoms with E-state index in [0.29, 0.717) is 19.8 Å². The van der Waals surface area contributed by atoms with E-state index in [9.17, 15) is 21.2 Å². The van der Waals surface area contributed by atoms with Crippen molar-refractivity contribution in [1.29, 1.82) is 0 Å². The van der Waals surface area contributed by atoms with Crippen LogP contribution in [0.25, 0.3) is 0 Å². The van der Waals surface area contributed by atoms with E-state index in [1.807, 2.05) is 17.5 Å². The van der Waals surface area contributed by atoms with Gasteiger partial charge >= 0.3 is 0 Å². The first-order valence-electron chi connectivity index (χ1n) is 10.0. The molecule has 2 aromatic rings. The normalized spacial score (nSPS) is 25.5. The Balaban J connectivity index is 1.55. The highest BCUT2D eigenvalue weighted by atomic mass is 32.2. The van der Waals surface area contributed by atoms with Gasteiger partial charge in [0.15, 0.2) is 19.7 Å². The number of rotatable bonds is 7. The Hall–Kier alpha value is -1.37. The Morgan fingerprint density at radius 2 is 1.87 bits per heavy atom. The lowest BCUT2D eigenvalue weighted by atomic mass is 10.1. The maximum absolute atomic E-state index is 13.3. The Kier molecular flexibility index (Phi) is 6.80. The number of sulfone groups is 2. The molecule has 7 nitrogen and oxygen atoms in total. The van der Waals surface area contributed by atoms with Crippen molar-refractivity contribution in [3.63, 3.8) is 0 Å². The van der Waals surface area contributed by atoms with Crippen molar-refractivity contribution < 1.29 is 26.0 Å². The molecule has 2 aliphatic heterocycles. The van der Waals surface area contributed by atoms with Crippen LogP contribution < -0.4 is 5.32 Å². The van der Waals surface area contributed by atoms with Gasteiger partial charge in [0, 0.05) is 30.6 Å². The zero-order valence-electron chi connectivity index (χ0n) is 16.8. The summed E-state index contributed by atoms with van der Waals surface area (Å²) in [7, 11) is -7.46. The number of ether oxygens (including phenoxy) is 1. The fourth-order valence-corrected chi connectivity index (χ4v) is 9.73. The van der Waals surface area contributed by atoms with Crippen LogP contribution in [-0.2, 0) is 24.4 Å². The molecule has 0 saturated carbocycles. The van der Waals surface area contributed by atoms with Gasteiger partial charge < -0.3 is 10.1 Å². The second kappa shape index (κ2) is 9.24. The van der Waals surface area contributed by atoms with Gasteiger partial charge in [0.2, 0.25) is 0 Å². The lowest BCUT2D eigenvalue weighted by molar-refractivity contribution is 0.0165. The number of nitrogens with one attached hydrogen (secondary N) is 1. The molecule has 1 aromatic heterocycles. The second-order valence-electron chi connectivity index (χ2n) is 7.81. The highest BCUT2D eigenvalue weighted by Crippen LogP contribution is 2.29. The molecule has 1 N–H and O–H groups in total. The van der Waals surface area contributed by atoms with E-state index in [2.05, 4.69) is 10.2 Å². The molecule has 2 saturated heterocycles. The minimum Gasteiger partial charge on any atom is -0.379 e. The van der Waals surface area contributed by atoms with Crippen molar-refractivity contribution in [2.45, 2.75) is 22.2 Å². The third-order valence-corrected chi connectivity index (χ3v) is 10.9. The minimum atomic E-state index is -3.94. The van der Waals surface area contributed by atoms with Crippen LogP contribution in [0, 0.1) is 5.82 Å². The lowest BCUT2D eigenvalue weighted by Gasteiger charge is -2.35. The zero-order chi connectivity index (χ0) is 22.1. The van der Waals surface area contributed by atoms with Gasteiger partial charge in [-0.1, -0.05) is 6.07 Å². The molecule has 170 valence electrons. The molecule has 2 fully saturated rings. The van der Waals surface area contributed by atoms with E-state index in [1.54, 1.807) is 11.3 Å². The Labute approximate surface area is 186 Å². The predicted molar refractivity (Wildman–Crippen MR) is 117 cm³/mol.